The van der Waals surface area contributed by atoms with Gasteiger partial charge in [-0.3, -0.25) is 9.59 Å². The van der Waals surface area contributed by atoms with E-state index in [9.17, 15) is 9.59 Å². The summed E-state index contributed by atoms with van der Waals surface area (Å²) in [5.74, 6) is 0.234. The Bertz CT molecular complexity index is 941. The number of hydrogen-bond acceptors (Lipinski definition) is 4. The van der Waals surface area contributed by atoms with Crippen LogP contribution in [0.5, 0.6) is 5.75 Å². The lowest BCUT2D eigenvalue weighted by Gasteiger charge is -2.36. The maximum Gasteiger partial charge on any atom is 0.292 e. The van der Waals surface area contributed by atoms with Crippen molar-refractivity contribution in [3.63, 3.8) is 0 Å². The summed E-state index contributed by atoms with van der Waals surface area (Å²) in [6.45, 7) is 5.33. The van der Waals surface area contributed by atoms with Crippen molar-refractivity contribution < 1.29 is 19.2 Å². The number of imide groups is 1. The summed E-state index contributed by atoms with van der Waals surface area (Å²) in [6.07, 6.45) is 0.239. The molecule has 1 N–H and O–H groups in total. The van der Waals surface area contributed by atoms with Gasteiger partial charge in [0.15, 0.2) is 6.04 Å². The van der Waals surface area contributed by atoms with Gasteiger partial charge in [-0.05, 0) is 36.8 Å². The second kappa shape index (κ2) is 8.05. The van der Waals surface area contributed by atoms with Crippen LogP contribution < -0.4 is 19.4 Å². The Balaban J connectivity index is 1.47. The largest absolute Gasteiger partial charge is 0.495 e. The molecular formula is C22H25ClN3O3+. The van der Waals surface area contributed by atoms with E-state index >= 15 is 0 Å². The first-order chi connectivity index (χ1) is 14.0. The van der Waals surface area contributed by atoms with Crippen molar-refractivity contribution in [2.24, 2.45) is 0 Å². The minimum absolute atomic E-state index is 0.137. The monoisotopic (exact) mass is 414 g/mol. The number of quaternary nitrogens is 1. The van der Waals surface area contributed by atoms with Crippen LogP contribution >= 0.6 is 11.6 Å². The van der Waals surface area contributed by atoms with Gasteiger partial charge in [0.2, 0.25) is 5.91 Å². The first-order valence-corrected chi connectivity index (χ1v) is 10.2. The predicted molar refractivity (Wildman–Crippen MR) is 113 cm³/mol. The Morgan fingerprint density at radius 1 is 1.07 bits per heavy atom. The molecule has 2 aromatic rings. The van der Waals surface area contributed by atoms with Gasteiger partial charge in [-0.1, -0.05) is 29.8 Å². The maximum atomic E-state index is 13.1. The third-order valence-electron chi connectivity index (χ3n) is 5.88. The third-order valence-corrected chi connectivity index (χ3v) is 6.12. The van der Waals surface area contributed by atoms with Crippen LogP contribution in [0.1, 0.15) is 12.0 Å². The van der Waals surface area contributed by atoms with Crippen molar-refractivity contribution in [1.29, 1.82) is 0 Å². The molecule has 2 heterocycles. The van der Waals surface area contributed by atoms with Crippen LogP contribution in [0.2, 0.25) is 5.02 Å². The first-order valence-electron chi connectivity index (χ1n) is 9.85. The highest BCUT2D eigenvalue weighted by Gasteiger charge is 2.47. The van der Waals surface area contributed by atoms with Gasteiger partial charge in [-0.25, -0.2) is 4.90 Å². The fourth-order valence-electron chi connectivity index (χ4n) is 4.33. The number of halogens is 1. The minimum atomic E-state index is -0.338. The molecule has 2 aliphatic heterocycles. The van der Waals surface area contributed by atoms with Gasteiger partial charge in [0.05, 0.1) is 45.4 Å². The Hall–Kier alpha value is -2.57. The molecule has 6 nitrogen and oxygen atoms in total. The van der Waals surface area contributed by atoms with E-state index in [1.807, 2.05) is 30.3 Å². The van der Waals surface area contributed by atoms with Crippen molar-refractivity contribution in [3.8, 4) is 5.75 Å². The Morgan fingerprint density at radius 3 is 2.52 bits per heavy atom. The molecule has 2 amide bonds. The zero-order valence-corrected chi connectivity index (χ0v) is 17.4. The van der Waals surface area contributed by atoms with Crippen LogP contribution in [0, 0.1) is 6.92 Å². The standard InChI is InChI=1S/C22H24ClN3O3/c1-15-7-8-16(23)13-18(15)24-9-11-25(12-10-24)19-14-21(27)26(22(19)28)17-5-3-4-6-20(17)29-2/h3-8,13,19H,9-12,14H2,1-2H3/p+1/t19-/m1/s1. The number of anilines is 2. The number of aryl methyl sites for hydroxylation is 1. The fraction of sp³-hybridized carbons (Fsp3) is 0.364. The summed E-state index contributed by atoms with van der Waals surface area (Å²) in [6, 6.07) is 12.7. The maximum absolute atomic E-state index is 13.1. The van der Waals surface area contributed by atoms with Gasteiger partial charge in [-0.2, -0.15) is 0 Å². The summed E-state index contributed by atoms with van der Waals surface area (Å²) in [5, 5.41) is 0.726. The molecule has 29 heavy (non-hydrogen) atoms. The molecule has 0 aromatic heterocycles. The molecule has 2 fully saturated rings. The zero-order chi connectivity index (χ0) is 20.5. The molecule has 0 unspecified atom stereocenters. The minimum Gasteiger partial charge on any atom is -0.495 e. The number of nitrogens with zero attached hydrogens (tertiary/aromatic N) is 2. The molecule has 4 rings (SSSR count). The molecule has 0 spiro atoms. The van der Waals surface area contributed by atoms with E-state index < -0.39 is 0 Å². The average Bonchev–Trinajstić information content (AvgIpc) is 3.03. The van der Waals surface area contributed by atoms with E-state index in [1.54, 1.807) is 19.2 Å². The SMILES string of the molecule is COc1ccccc1N1C(=O)C[C@@H]([NH+]2CCN(c3cc(Cl)ccc3C)CC2)C1=O. The topological polar surface area (TPSA) is 54.3 Å². The summed E-state index contributed by atoms with van der Waals surface area (Å²) in [4.78, 5) is 30.6. The third kappa shape index (κ3) is 3.70. The number of benzene rings is 2. The first kappa shape index (κ1) is 19.7. The fourth-order valence-corrected chi connectivity index (χ4v) is 4.49. The second-order valence-corrected chi connectivity index (χ2v) is 8.01. The molecular weight excluding hydrogens is 390 g/mol. The highest BCUT2D eigenvalue weighted by molar-refractivity contribution is 6.30. The molecule has 0 bridgehead atoms. The summed E-state index contributed by atoms with van der Waals surface area (Å²) in [7, 11) is 1.55. The molecule has 7 heteroatoms. The smallest absolute Gasteiger partial charge is 0.292 e. The van der Waals surface area contributed by atoms with Crippen LogP contribution in [0.3, 0.4) is 0 Å². The molecule has 152 valence electrons. The molecule has 2 saturated heterocycles. The van der Waals surface area contributed by atoms with Gasteiger partial charge in [0, 0.05) is 10.7 Å². The molecule has 0 saturated carbocycles. The number of nitrogens with one attached hydrogen (secondary N) is 1. The highest BCUT2D eigenvalue weighted by Crippen LogP contribution is 2.31. The van der Waals surface area contributed by atoms with E-state index in [0.717, 1.165) is 41.8 Å². The number of carbonyl (C=O) groups excluding carboxylic acids is 2. The van der Waals surface area contributed by atoms with Crippen LogP contribution in [-0.4, -0.2) is 51.1 Å². The van der Waals surface area contributed by atoms with E-state index in [0.29, 0.717) is 11.4 Å². The lowest BCUT2D eigenvalue weighted by molar-refractivity contribution is -0.915. The number of para-hydroxylation sites is 2. The number of carbonyl (C=O) groups is 2. The number of piperazine rings is 1. The Kier molecular flexibility index (Phi) is 5.48. The Morgan fingerprint density at radius 2 is 1.79 bits per heavy atom. The van der Waals surface area contributed by atoms with Gasteiger partial charge < -0.3 is 14.5 Å². The average molecular weight is 415 g/mol. The summed E-state index contributed by atoms with van der Waals surface area (Å²) >= 11 is 6.17. The second-order valence-electron chi connectivity index (χ2n) is 7.57. The van der Waals surface area contributed by atoms with Gasteiger partial charge in [-0.15, -0.1) is 0 Å². The van der Waals surface area contributed by atoms with E-state index in [2.05, 4.69) is 11.8 Å². The molecule has 2 aromatic carbocycles. The predicted octanol–water partition coefficient (Wildman–Crippen LogP) is 1.69. The van der Waals surface area contributed by atoms with Crippen molar-refractivity contribution >= 4 is 34.8 Å². The zero-order valence-electron chi connectivity index (χ0n) is 16.7. The quantitative estimate of drug-likeness (QED) is 0.774. The van der Waals surface area contributed by atoms with Crippen molar-refractivity contribution in [2.75, 3.05) is 43.1 Å². The van der Waals surface area contributed by atoms with E-state index in [1.165, 1.54) is 10.5 Å². The lowest BCUT2D eigenvalue weighted by atomic mass is 10.1. The molecule has 0 aliphatic carbocycles. The number of hydrogen-bond donors (Lipinski definition) is 1. The van der Waals surface area contributed by atoms with Gasteiger partial charge in [0.25, 0.3) is 5.91 Å². The number of rotatable bonds is 4. The van der Waals surface area contributed by atoms with Crippen molar-refractivity contribution in [3.05, 3.63) is 53.1 Å². The Labute approximate surface area is 175 Å². The van der Waals surface area contributed by atoms with Crippen LogP contribution in [0.25, 0.3) is 0 Å². The lowest BCUT2D eigenvalue weighted by Crippen LogP contribution is -3.19. The van der Waals surface area contributed by atoms with Crippen molar-refractivity contribution in [1.82, 2.24) is 0 Å². The normalized spacial score (nSPS) is 20.4. The van der Waals surface area contributed by atoms with E-state index in [4.69, 9.17) is 16.3 Å². The molecule has 2 aliphatic rings. The molecule has 0 radical (unpaired) electrons. The van der Waals surface area contributed by atoms with Gasteiger partial charge >= 0.3 is 0 Å². The summed E-state index contributed by atoms with van der Waals surface area (Å²) < 4.78 is 5.35. The molecule has 1 atom stereocenters. The number of ether oxygens (including phenoxy) is 1. The highest BCUT2D eigenvalue weighted by atomic mass is 35.5. The van der Waals surface area contributed by atoms with Gasteiger partial charge in [0.1, 0.15) is 5.75 Å². The number of methoxy groups -OCH3 is 1. The van der Waals surface area contributed by atoms with Crippen LogP contribution in [0.15, 0.2) is 42.5 Å². The van der Waals surface area contributed by atoms with E-state index in [-0.39, 0.29) is 24.3 Å². The number of amides is 2. The summed E-state index contributed by atoms with van der Waals surface area (Å²) in [5.41, 5.74) is 2.86. The van der Waals surface area contributed by atoms with Crippen LogP contribution in [0.4, 0.5) is 11.4 Å². The van der Waals surface area contributed by atoms with Crippen molar-refractivity contribution in [2.45, 2.75) is 19.4 Å². The van der Waals surface area contributed by atoms with Crippen LogP contribution in [-0.2, 0) is 9.59 Å².